The number of benzene rings is 9. The molecule has 0 saturated carbocycles. The monoisotopic (exact) mass is 930 g/mol. The van der Waals surface area contributed by atoms with Crippen LogP contribution in [0.1, 0.15) is 27.8 Å². The predicted octanol–water partition coefficient (Wildman–Crippen LogP) is 15.8. The van der Waals surface area contributed by atoms with Gasteiger partial charge in [0.15, 0.2) is 0 Å². The van der Waals surface area contributed by atoms with Crippen molar-refractivity contribution in [2.24, 2.45) is 0 Å². The zero-order chi connectivity index (χ0) is 47.9. The minimum atomic E-state index is -0.772. The van der Waals surface area contributed by atoms with Crippen molar-refractivity contribution in [1.82, 2.24) is 23.7 Å². The van der Waals surface area contributed by atoms with Gasteiger partial charge in [-0.3, -0.25) is 9.97 Å². The van der Waals surface area contributed by atoms with Crippen LogP contribution in [0, 0.1) is 11.3 Å². The second kappa shape index (κ2) is 14.8. The summed E-state index contributed by atoms with van der Waals surface area (Å²) in [6, 6.07) is 80.2. The standard InChI is InChI=1S/C66H38N6O/c67-39-40-21-30-60-50(35-40)51-36-41(23-31-61(51)71(60)44-26-24-43(25-27-44)70-56-17-5-1-11-46(56)47-12-2-6-18-57(47)70)42-22-29-52-63(37-42)73-62-32-28-45(72-58-19-7-3-13-48(58)49-14-4-8-20-59(49)72)38-55(62)66(52)53-15-9-33-68-64(53)65-54(66)16-10-34-69-65/h1-38H. The molecule has 2 aliphatic rings. The van der Waals surface area contributed by atoms with Gasteiger partial charge in [-0.25, -0.2) is 0 Å². The van der Waals surface area contributed by atoms with Gasteiger partial charge in [-0.05, 0) is 138 Å². The van der Waals surface area contributed by atoms with Crippen LogP contribution in [0.2, 0.25) is 0 Å². The van der Waals surface area contributed by atoms with Crippen LogP contribution in [0.4, 0.5) is 0 Å². The number of hydrogen-bond donors (Lipinski definition) is 0. The summed E-state index contributed by atoms with van der Waals surface area (Å²) < 4.78 is 14.2. The van der Waals surface area contributed by atoms with Gasteiger partial charge in [0, 0.05) is 72.9 Å². The zero-order valence-corrected chi connectivity index (χ0v) is 39.0. The summed E-state index contributed by atoms with van der Waals surface area (Å²) in [7, 11) is 0. The van der Waals surface area contributed by atoms with E-state index in [-0.39, 0.29) is 0 Å². The van der Waals surface area contributed by atoms with Gasteiger partial charge in [-0.1, -0.05) is 103 Å². The Balaban J connectivity index is 0.858. The summed E-state index contributed by atoms with van der Waals surface area (Å²) in [6.45, 7) is 0. The summed E-state index contributed by atoms with van der Waals surface area (Å²) in [5, 5.41) is 17.1. The van der Waals surface area contributed by atoms with Gasteiger partial charge in [0.05, 0.1) is 61.5 Å². The van der Waals surface area contributed by atoms with Crippen molar-refractivity contribution in [3.8, 4) is 57.1 Å². The first kappa shape index (κ1) is 39.8. The highest BCUT2D eigenvalue weighted by Crippen LogP contribution is 2.62. The fourth-order valence-corrected chi connectivity index (χ4v) is 12.6. The Morgan fingerprint density at radius 3 is 1.38 bits per heavy atom. The molecule has 1 aliphatic heterocycles. The molecule has 338 valence electrons. The van der Waals surface area contributed by atoms with E-state index in [1.54, 1.807) is 0 Å². The number of rotatable bonds is 4. The number of aromatic nitrogens is 5. The maximum Gasteiger partial charge on any atom is 0.132 e. The number of fused-ring (bicyclic) bond motifs is 18. The summed E-state index contributed by atoms with van der Waals surface area (Å²) in [6.07, 6.45) is 3.73. The summed E-state index contributed by atoms with van der Waals surface area (Å²) in [5.41, 5.74) is 17.8. The first-order valence-corrected chi connectivity index (χ1v) is 24.6. The van der Waals surface area contributed by atoms with E-state index in [4.69, 9.17) is 14.7 Å². The van der Waals surface area contributed by atoms with Gasteiger partial charge in [0.1, 0.15) is 11.5 Å². The average molecular weight is 931 g/mol. The first-order chi connectivity index (χ1) is 36.2. The molecule has 14 aromatic rings. The first-order valence-electron chi connectivity index (χ1n) is 24.6. The molecule has 0 radical (unpaired) electrons. The molecule has 7 heteroatoms. The Morgan fingerprint density at radius 2 is 0.822 bits per heavy atom. The van der Waals surface area contributed by atoms with E-state index in [0.29, 0.717) is 5.56 Å². The molecule has 0 atom stereocenters. The van der Waals surface area contributed by atoms with E-state index < -0.39 is 5.41 Å². The fourth-order valence-electron chi connectivity index (χ4n) is 12.6. The summed E-state index contributed by atoms with van der Waals surface area (Å²) in [5.74, 6) is 1.56. The lowest BCUT2D eigenvalue weighted by Gasteiger charge is -2.39. The van der Waals surface area contributed by atoms with E-state index >= 15 is 0 Å². The maximum atomic E-state index is 10.2. The highest BCUT2D eigenvalue weighted by atomic mass is 16.5. The molecule has 7 nitrogen and oxygen atoms in total. The molecule has 5 aromatic heterocycles. The molecular weight excluding hydrogens is 893 g/mol. The molecule has 73 heavy (non-hydrogen) atoms. The number of para-hydroxylation sites is 4. The van der Waals surface area contributed by atoms with Crippen LogP contribution in [0.25, 0.3) is 105 Å². The van der Waals surface area contributed by atoms with E-state index in [0.717, 1.165) is 106 Å². The Hall–Kier alpha value is -10.0. The van der Waals surface area contributed by atoms with Gasteiger partial charge in [0.2, 0.25) is 0 Å². The SMILES string of the molecule is N#Cc1ccc2c(c1)c1cc(-c3ccc4c(c3)Oc3ccc(-n5c6ccccc6c6ccccc65)cc3C43c4cccnc4-c4ncccc43)ccc1n2-c1ccc(-n2c3ccccc3c3ccccc32)cc1. The third kappa shape index (κ3) is 5.36. The third-order valence-corrected chi connectivity index (χ3v) is 15.6. The molecule has 0 bridgehead atoms. The van der Waals surface area contributed by atoms with Crippen LogP contribution in [0.3, 0.4) is 0 Å². The van der Waals surface area contributed by atoms with Crippen LogP contribution >= 0.6 is 0 Å². The van der Waals surface area contributed by atoms with Crippen LogP contribution in [0.5, 0.6) is 11.5 Å². The second-order valence-electron chi connectivity index (χ2n) is 19.2. The zero-order valence-electron chi connectivity index (χ0n) is 39.0. The quantitative estimate of drug-likeness (QED) is 0.176. The van der Waals surface area contributed by atoms with Gasteiger partial charge in [0.25, 0.3) is 0 Å². The van der Waals surface area contributed by atoms with Gasteiger partial charge in [-0.2, -0.15) is 5.26 Å². The summed E-state index contributed by atoms with van der Waals surface area (Å²) in [4.78, 5) is 10.0. The Labute approximate surface area is 418 Å². The molecule has 9 aromatic carbocycles. The Morgan fingerprint density at radius 1 is 0.356 bits per heavy atom. The molecule has 0 fully saturated rings. The molecule has 16 rings (SSSR count). The highest BCUT2D eigenvalue weighted by molar-refractivity contribution is 6.12. The largest absolute Gasteiger partial charge is 0.457 e. The molecule has 1 spiro atoms. The Bertz CT molecular complexity index is 4590. The minimum Gasteiger partial charge on any atom is -0.457 e. The van der Waals surface area contributed by atoms with Crippen molar-refractivity contribution >= 4 is 65.4 Å². The molecular formula is C66H38N6O. The molecule has 0 saturated heterocycles. The van der Waals surface area contributed by atoms with Crippen LogP contribution in [-0.4, -0.2) is 23.7 Å². The van der Waals surface area contributed by atoms with E-state index in [1.165, 1.54) is 32.6 Å². The number of pyridine rings is 2. The van der Waals surface area contributed by atoms with Crippen LogP contribution < -0.4 is 4.74 Å². The van der Waals surface area contributed by atoms with Crippen molar-refractivity contribution in [3.05, 3.63) is 259 Å². The van der Waals surface area contributed by atoms with E-state index in [2.05, 4.69) is 214 Å². The highest BCUT2D eigenvalue weighted by Gasteiger charge is 2.52. The summed E-state index contributed by atoms with van der Waals surface area (Å²) >= 11 is 0. The van der Waals surface area contributed by atoms with Gasteiger partial charge in [-0.15, -0.1) is 0 Å². The Kier molecular flexibility index (Phi) is 8.04. The lowest BCUT2D eigenvalue weighted by atomic mass is 9.66. The van der Waals surface area contributed by atoms with Crippen molar-refractivity contribution in [2.45, 2.75) is 5.41 Å². The predicted molar refractivity (Wildman–Crippen MR) is 293 cm³/mol. The second-order valence-corrected chi connectivity index (χ2v) is 19.2. The number of nitriles is 1. The van der Waals surface area contributed by atoms with Gasteiger partial charge >= 0.3 is 0 Å². The molecule has 6 heterocycles. The smallest absolute Gasteiger partial charge is 0.132 e. The fraction of sp³-hybridized carbons (Fsp3) is 0.0152. The molecule has 0 unspecified atom stereocenters. The molecule has 0 amide bonds. The minimum absolute atomic E-state index is 0.618. The maximum absolute atomic E-state index is 10.2. The molecule has 1 aliphatic carbocycles. The molecule has 0 N–H and O–H groups in total. The lowest BCUT2D eigenvalue weighted by Crippen LogP contribution is -2.32. The lowest BCUT2D eigenvalue weighted by molar-refractivity contribution is 0.436. The average Bonchev–Trinajstić information content (AvgIpc) is 4.19. The third-order valence-electron chi connectivity index (χ3n) is 15.6. The van der Waals surface area contributed by atoms with Crippen molar-refractivity contribution in [1.29, 1.82) is 5.26 Å². The van der Waals surface area contributed by atoms with Crippen molar-refractivity contribution < 1.29 is 4.74 Å². The number of hydrogen-bond acceptors (Lipinski definition) is 4. The van der Waals surface area contributed by atoms with Crippen LogP contribution in [-0.2, 0) is 5.41 Å². The normalized spacial score (nSPS) is 13.1. The van der Waals surface area contributed by atoms with Crippen LogP contribution in [0.15, 0.2) is 231 Å². The topological polar surface area (TPSA) is 73.6 Å². The van der Waals surface area contributed by atoms with Crippen molar-refractivity contribution in [2.75, 3.05) is 0 Å². The van der Waals surface area contributed by atoms with E-state index in [1.807, 2.05) is 36.7 Å². The number of nitrogens with zero attached hydrogens (tertiary/aromatic N) is 6. The van der Waals surface area contributed by atoms with Gasteiger partial charge < -0.3 is 18.4 Å². The van der Waals surface area contributed by atoms with Crippen molar-refractivity contribution in [3.63, 3.8) is 0 Å². The number of ether oxygens (including phenoxy) is 1. The van der Waals surface area contributed by atoms with E-state index in [9.17, 15) is 5.26 Å².